The number of hydrogen-bond donors (Lipinski definition) is 0. The van der Waals surface area contributed by atoms with Crippen molar-refractivity contribution in [2.24, 2.45) is 5.92 Å². The summed E-state index contributed by atoms with van der Waals surface area (Å²) in [6, 6.07) is 5.61. The van der Waals surface area contributed by atoms with E-state index in [9.17, 15) is 4.79 Å². The van der Waals surface area contributed by atoms with Gasteiger partial charge < -0.3 is 13.9 Å². The topological polar surface area (TPSA) is 48.7 Å². The van der Waals surface area contributed by atoms with E-state index in [1.807, 2.05) is 25.1 Å². The van der Waals surface area contributed by atoms with Crippen LogP contribution in [0, 0.1) is 12.8 Å². The summed E-state index contributed by atoms with van der Waals surface area (Å²) in [5.41, 5.74) is 1.59. The Morgan fingerprint density at radius 3 is 2.95 bits per heavy atom. The molecule has 0 saturated carbocycles. The maximum absolute atomic E-state index is 12.4. The van der Waals surface area contributed by atoms with Crippen molar-refractivity contribution in [2.45, 2.75) is 13.3 Å². The lowest BCUT2D eigenvalue weighted by molar-refractivity contribution is 0.0873. The second-order valence-electron chi connectivity index (χ2n) is 4.84. The van der Waals surface area contributed by atoms with E-state index in [0.717, 1.165) is 23.1 Å². The number of hydrogen-bond acceptors (Lipinski definition) is 4. The number of benzene rings is 1. The van der Waals surface area contributed by atoms with Crippen molar-refractivity contribution in [2.75, 3.05) is 20.3 Å². The third-order valence-electron chi connectivity index (χ3n) is 3.67. The number of fused-ring (bicyclic) bond motifs is 1. The second kappa shape index (κ2) is 4.70. The summed E-state index contributed by atoms with van der Waals surface area (Å²) in [6.07, 6.45) is 0.776. The standard InChI is InChI=1S/C15H16O4/c1-9-12-4-3-11(17-2)7-13(12)19-15(9)14(16)10-5-6-18-8-10/h3-4,7,10H,5-6,8H2,1-2H3. The SMILES string of the molecule is COc1ccc2c(C)c(C(=O)C3CCOC3)oc2c1. The van der Waals surface area contributed by atoms with Gasteiger partial charge in [0.2, 0.25) is 5.78 Å². The minimum Gasteiger partial charge on any atom is -0.497 e. The molecule has 1 unspecified atom stereocenters. The zero-order valence-corrected chi connectivity index (χ0v) is 11.1. The molecule has 19 heavy (non-hydrogen) atoms. The predicted molar refractivity (Wildman–Crippen MR) is 70.8 cm³/mol. The fourth-order valence-electron chi connectivity index (χ4n) is 2.49. The summed E-state index contributed by atoms with van der Waals surface area (Å²) in [6.45, 7) is 3.07. The Morgan fingerprint density at radius 1 is 1.42 bits per heavy atom. The minimum atomic E-state index is -0.0684. The average molecular weight is 260 g/mol. The molecule has 1 aromatic carbocycles. The minimum absolute atomic E-state index is 0.0465. The number of ether oxygens (including phenoxy) is 2. The number of methoxy groups -OCH3 is 1. The molecule has 4 nitrogen and oxygen atoms in total. The van der Waals surface area contributed by atoms with Gasteiger partial charge in [0.05, 0.1) is 19.6 Å². The van der Waals surface area contributed by atoms with Crippen LogP contribution in [0.15, 0.2) is 22.6 Å². The van der Waals surface area contributed by atoms with Crippen molar-refractivity contribution in [3.8, 4) is 5.75 Å². The monoisotopic (exact) mass is 260 g/mol. The first kappa shape index (κ1) is 12.2. The summed E-state index contributed by atoms with van der Waals surface area (Å²) in [5, 5.41) is 0.961. The molecule has 0 spiro atoms. The molecule has 0 aliphatic carbocycles. The summed E-state index contributed by atoms with van der Waals surface area (Å²) in [7, 11) is 1.61. The van der Waals surface area contributed by atoms with Crippen molar-refractivity contribution >= 4 is 16.8 Å². The van der Waals surface area contributed by atoms with Crippen LogP contribution in [-0.2, 0) is 4.74 Å². The highest BCUT2D eigenvalue weighted by Gasteiger charge is 2.29. The lowest BCUT2D eigenvalue weighted by atomic mass is 9.99. The molecular weight excluding hydrogens is 244 g/mol. The average Bonchev–Trinajstić information content (AvgIpc) is 3.06. The van der Waals surface area contributed by atoms with Crippen LogP contribution in [0.25, 0.3) is 11.0 Å². The van der Waals surface area contributed by atoms with Gasteiger partial charge in [-0.3, -0.25) is 4.79 Å². The quantitative estimate of drug-likeness (QED) is 0.796. The van der Waals surface area contributed by atoms with Crippen LogP contribution in [0.3, 0.4) is 0 Å². The number of Topliss-reactive ketones (excluding diaryl/α,β-unsaturated/α-hetero) is 1. The van der Waals surface area contributed by atoms with Crippen molar-refractivity contribution in [1.82, 2.24) is 0 Å². The van der Waals surface area contributed by atoms with Crippen LogP contribution in [0.1, 0.15) is 22.5 Å². The molecule has 2 heterocycles. The molecule has 0 radical (unpaired) electrons. The first-order valence-electron chi connectivity index (χ1n) is 6.40. The molecule has 0 N–H and O–H groups in total. The van der Waals surface area contributed by atoms with E-state index in [2.05, 4.69) is 0 Å². The fraction of sp³-hybridized carbons (Fsp3) is 0.400. The van der Waals surface area contributed by atoms with E-state index < -0.39 is 0 Å². The first-order chi connectivity index (χ1) is 9.20. The molecule has 1 aliphatic rings. The number of carbonyl (C=O) groups excluding carboxylic acids is 1. The number of carbonyl (C=O) groups is 1. The van der Waals surface area contributed by atoms with Crippen LogP contribution < -0.4 is 4.74 Å². The molecular formula is C15H16O4. The lowest BCUT2D eigenvalue weighted by Crippen LogP contribution is -2.14. The highest BCUT2D eigenvalue weighted by atomic mass is 16.5. The Kier molecular flexibility index (Phi) is 3.03. The van der Waals surface area contributed by atoms with E-state index in [1.54, 1.807) is 7.11 Å². The summed E-state index contributed by atoms with van der Waals surface area (Å²) < 4.78 is 16.2. The van der Waals surface area contributed by atoms with Gasteiger partial charge in [-0.25, -0.2) is 0 Å². The number of furan rings is 1. The second-order valence-corrected chi connectivity index (χ2v) is 4.84. The maximum atomic E-state index is 12.4. The third kappa shape index (κ3) is 2.02. The van der Waals surface area contributed by atoms with Gasteiger partial charge in [0.1, 0.15) is 11.3 Å². The van der Waals surface area contributed by atoms with E-state index >= 15 is 0 Å². The van der Waals surface area contributed by atoms with Gasteiger partial charge in [-0.1, -0.05) is 0 Å². The molecule has 1 aliphatic heterocycles. The molecule has 1 atom stereocenters. The number of ketones is 1. The highest BCUT2D eigenvalue weighted by Crippen LogP contribution is 2.31. The third-order valence-corrected chi connectivity index (χ3v) is 3.67. The Morgan fingerprint density at radius 2 is 2.26 bits per heavy atom. The highest BCUT2D eigenvalue weighted by molar-refractivity contribution is 6.01. The van der Waals surface area contributed by atoms with Crippen LogP contribution in [0.2, 0.25) is 0 Å². The smallest absolute Gasteiger partial charge is 0.203 e. The molecule has 1 saturated heterocycles. The van der Waals surface area contributed by atoms with Gasteiger partial charge in [-0.2, -0.15) is 0 Å². The molecule has 4 heteroatoms. The van der Waals surface area contributed by atoms with Gasteiger partial charge in [-0.15, -0.1) is 0 Å². The molecule has 2 aromatic rings. The maximum Gasteiger partial charge on any atom is 0.203 e. The zero-order chi connectivity index (χ0) is 13.4. The molecule has 100 valence electrons. The molecule has 3 rings (SSSR count). The molecule has 0 bridgehead atoms. The van der Waals surface area contributed by atoms with Crippen LogP contribution in [0.5, 0.6) is 5.75 Å². The van der Waals surface area contributed by atoms with Gasteiger partial charge >= 0.3 is 0 Å². The fourth-order valence-corrected chi connectivity index (χ4v) is 2.49. The first-order valence-corrected chi connectivity index (χ1v) is 6.40. The van der Waals surface area contributed by atoms with E-state index in [1.165, 1.54) is 0 Å². The summed E-state index contributed by atoms with van der Waals surface area (Å²) in [4.78, 5) is 12.4. The normalized spacial score (nSPS) is 18.9. The van der Waals surface area contributed by atoms with Crippen LogP contribution in [0.4, 0.5) is 0 Å². The van der Waals surface area contributed by atoms with Crippen LogP contribution >= 0.6 is 0 Å². The van der Waals surface area contributed by atoms with Crippen molar-refractivity contribution < 1.29 is 18.7 Å². The van der Waals surface area contributed by atoms with E-state index in [0.29, 0.717) is 24.6 Å². The molecule has 1 aromatic heterocycles. The van der Waals surface area contributed by atoms with Gasteiger partial charge in [-0.05, 0) is 25.5 Å². The van der Waals surface area contributed by atoms with Crippen molar-refractivity contribution in [1.29, 1.82) is 0 Å². The predicted octanol–water partition coefficient (Wildman–Crippen LogP) is 2.97. The van der Waals surface area contributed by atoms with Crippen LogP contribution in [-0.4, -0.2) is 26.1 Å². The largest absolute Gasteiger partial charge is 0.497 e. The number of rotatable bonds is 3. The summed E-state index contributed by atoms with van der Waals surface area (Å²) in [5.74, 6) is 1.16. The van der Waals surface area contributed by atoms with E-state index in [-0.39, 0.29) is 11.7 Å². The lowest BCUT2D eigenvalue weighted by Gasteiger charge is -2.03. The Labute approximate surface area is 111 Å². The Hall–Kier alpha value is -1.81. The Bertz CT molecular complexity index is 620. The Balaban J connectivity index is 2.03. The van der Waals surface area contributed by atoms with Crippen molar-refractivity contribution in [3.63, 3.8) is 0 Å². The molecule has 0 amide bonds. The van der Waals surface area contributed by atoms with Gasteiger partial charge in [0.25, 0.3) is 0 Å². The van der Waals surface area contributed by atoms with Crippen molar-refractivity contribution in [3.05, 3.63) is 29.5 Å². The zero-order valence-electron chi connectivity index (χ0n) is 11.1. The van der Waals surface area contributed by atoms with E-state index in [4.69, 9.17) is 13.9 Å². The summed E-state index contributed by atoms with van der Waals surface area (Å²) >= 11 is 0. The number of aryl methyl sites for hydroxylation is 1. The molecule has 1 fully saturated rings. The van der Waals surface area contributed by atoms with Gasteiger partial charge in [0, 0.05) is 23.6 Å². The van der Waals surface area contributed by atoms with Gasteiger partial charge in [0.15, 0.2) is 5.76 Å².